The van der Waals surface area contributed by atoms with E-state index < -0.39 is 5.60 Å². The number of H-pyrrole nitrogens is 1. The maximum Gasteiger partial charge on any atom is 0.270 e. The molecule has 40 heavy (non-hydrogen) atoms. The lowest BCUT2D eigenvalue weighted by Crippen LogP contribution is -2.62. The molecule has 2 aromatic carbocycles. The van der Waals surface area contributed by atoms with Crippen molar-refractivity contribution in [2.24, 2.45) is 5.92 Å². The monoisotopic (exact) mass is 539 g/mol. The van der Waals surface area contributed by atoms with Crippen LogP contribution in [0, 0.1) is 12.8 Å². The smallest absolute Gasteiger partial charge is 0.270 e. The number of carbonyl (C=O) groups excluding carboxylic acids is 1. The van der Waals surface area contributed by atoms with E-state index in [2.05, 4.69) is 36.0 Å². The number of ether oxygens (including phenoxy) is 2. The zero-order chi connectivity index (χ0) is 27.4. The molecule has 7 heteroatoms. The van der Waals surface area contributed by atoms with Crippen LogP contribution in [0.2, 0.25) is 0 Å². The summed E-state index contributed by atoms with van der Waals surface area (Å²) in [4.78, 5) is 22.1. The van der Waals surface area contributed by atoms with Crippen LogP contribution >= 0.6 is 0 Å². The van der Waals surface area contributed by atoms with Crippen LogP contribution in [0.25, 0.3) is 0 Å². The van der Waals surface area contributed by atoms with Crippen LogP contribution < -0.4 is 9.47 Å². The number of aromatic nitrogens is 1. The van der Waals surface area contributed by atoms with Crippen LogP contribution in [-0.4, -0.2) is 65.6 Å². The summed E-state index contributed by atoms with van der Waals surface area (Å²) in [7, 11) is 3.98. The minimum absolute atomic E-state index is 0.0244. The van der Waals surface area contributed by atoms with Crippen molar-refractivity contribution in [3.63, 3.8) is 0 Å². The number of nitrogens with one attached hydrogen (secondary N) is 1. The van der Waals surface area contributed by atoms with Crippen molar-refractivity contribution in [2.45, 2.75) is 62.2 Å². The minimum Gasteiger partial charge on any atom is -0.493 e. The molecule has 1 aromatic heterocycles. The summed E-state index contributed by atoms with van der Waals surface area (Å²) in [6.45, 7) is 4.19. The molecule has 2 saturated heterocycles. The second kappa shape index (κ2) is 8.37. The average molecular weight is 540 g/mol. The van der Waals surface area contributed by atoms with Crippen molar-refractivity contribution < 1.29 is 19.4 Å². The normalized spacial score (nSPS) is 29.4. The SMILES string of the molecule is COc1ccc2c3c1O[C@H]1c4[nH]c(C(=O)N5CCC(O)(c6ccccc6)CC5)c(C)c4C[C@H]4[C@H](C2)N(C)CCC314. The summed E-state index contributed by atoms with van der Waals surface area (Å²) in [6, 6.07) is 14.6. The topological polar surface area (TPSA) is 78.0 Å². The Morgan fingerprint density at radius 1 is 1.07 bits per heavy atom. The summed E-state index contributed by atoms with van der Waals surface area (Å²) in [5.74, 6) is 2.16. The first kappa shape index (κ1) is 24.5. The molecule has 7 nitrogen and oxygen atoms in total. The van der Waals surface area contributed by atoms with Crippen molar-refractivity contribution in [3.05, 3.63) is 81.7 Å². The van der Waals surface area contributed by atoms with Gasteiger partial charge < -0.3 is 29.4 Å². The van der Waals surface area contributed by atoms with Crippen molar-refractivity contribution in [1.29, 1.82) is 0 Å². The van der Waals surface area contributed by atoms with Crippen LogP contribution in [-0.2, 0) is 23.9 Å². The average Bonchev–Trinajstić information content (AvgIpc) is 3.50. The van der Waals surface area contributed by atoms with Gasteiger partial charge in [0.25, 0.3) is 5.91 Å². The first-order chi connectivity index (χ1) is 19.4. The van der Waals surface area contributed by atoms with Crippen molar-refractivity contribution in [2.75, 3.05) is 33.8 Å². The highest BCUT2D eigenvalue weighted by Crippen LogP contribution is 2.67. The number of aliphatic hydroxyl groups is 1. The third kappa shape index (κ3) is 3.05. The van der Waals surface area contributed by atoms with Gasteiger partial charge in [0.05, 0.1) is 18.4 Å². The zero-order valence-corrected chi connectivity index (χ0v) is 23.5. The number of amides is 1. The molecule has 2 aliphatic carbocycles. The number of likely N-dealkylation sites (tertiary alicyclic amines) is 2. The van der Waals surface area contributed by atoms with Gasteiger partial charge in [0, 0.05) is 30.1 Å². The number of nitrogens with zero attached hydrogens (tertiary/aromatic N) is 2. The molecule has 3 aliphatic heterocycles. The molecule has 1 spiro atoms. The molecule has 4 atom stereocenters. The van der Waals surface area contributed by atoms with Gasteiger partial charge in [-0.05, 0) is 86.9 Å². The number of fused-ring (bicyclic) bond motifs is 2. The Morgan fingerprint density at radius 2 is 1.85 bits per heavy atom. The van der Waals surface area contributed by atoms with E-state index in [0.717, 1.165) is 54.1 Å². The predicted molar refractivity (Wildman–Crippen MR) is 151 cm³/mol. The molecule has 8 rings (SSSR count). The van der Waals surface area contributed by atoms with Crippen LogP contribution in [0.3, 0.4) is 0 Å². The molecular formula is C33H37N3O4. The number of benzene rings is 2. The van der Waals surface area contributed by atoms with E-state index >= 15 is 0 Å². The van der Waals surface area contributed by atoms with Gasteiger partial charge in [-0.25, -0.2) is 0 Å². The summed E-state index contributed by atoms with van der Waals surface area (Å²) in [6.07, 6.45) is 3.92. The first-order valence-electron chi connectivity index (χ1n) is 14.7. The predicted octanol–water partition coefficient (Wildman–Crippen LogP) is 4.26. The molecule has 2 bridgehead atoms. The summed E-state index contributed by atoms with van der Waals surface area (Å²) in [5.41, 5.74) is 6.74. The zero-order valence-electron chi connectivity index (χ0n) is 23.5. The maximum absolute atomic E-state index is 14.0. The van der Waals surface area contributed by atoms with Crippen LogP contribution in [0.1, 0.15) is 69.4 Å². The van der Waals surface area contributed by atoms with Gasteiger partial charge in [-0.15, -0.1) is 0 Å². The van der Waals surface area contributed by atoms with Gasteiger partial charge in [0.2, 0.25) is 0 Å². The highest BCUT2D eigenvalue weighted by molar-refractivity contribution is 5.95. The number of hydrogen-bond donors (Lipinski definition) is 2. The van der Waals surface area contributed by atoms with E-state index in [0.29, 0.717) is 43.6 Å². The number of aromatic amines is 1. The Bertz CT molecular complexity index is 1520. The molecule has 208 valence electrons. The van der Waals surface area contributed by atoms with Crippen molar-refractivity contribution in [1.82, 2.24) is 14.8 Å². The Kier molecular flexibility index (Phi) is 5.12. The molecule has 5 aliphatic rings. The summed E-state index contributed by atoms with van der Waals surface area (Å²) in [5, 5.41) is 11.3. The summed E-state index contributed by atoms with van der Waals surface area (Å²) >= 11 is 0. The van der Waals surface area contributed by atoms with Crippen LogP contribution in [0.4, 0.5) is 0 Å². The summed E-state index contributed by atoms with van der Waals surface area (Å²) < 4.78 is 12.7. The molecule has 4 heterocycles. The number of piperidine rings is 2. The Labute approximate surface area is 235 Å². The number of carbonyl (C=O) groups is 1. The fraction of sp³-hybridized carbons (Fsp3) is 0.485. The van der Waals surface area contributed by atoms with Gasteiger partial charge in [-0.2, -0.15) is 0 Å². The lowest BCUT2D eigenvalue weighted by molar-refractivity contribution is -0.0257. The lowest BCUT2D eigenvalue weighted by Gasteiger charge is -2.57. The van der Waals surface area contributed by atoms with Gasteiger partial charge >= 0.3 is 0 Å². The van der Waals surface area contributed by atoms with Crippen LogP contribution in [0.5, 0.6) is 11.5 Å². The highest BCUT2D eigenvalue weighted by Gasteiger charge is 2.65. The minimum atomic E-state index is -0.888. The van der Waals surface area contributed by atoms with Crippen LogP contribution in [0.15, 0.2) is 42.5 Å². The molecule has 0 saturated carbocycles. The number of hydrogen-bond acceptors (Lipinski definition) is 5. The number of methoxy groups -OCH3 is 1. The fourth-order valence-electron chi connectivity index (χ4n) is 8.93. The maximum atomic E-state index is 14.0. The van der Waals surface area contributed by atoms with Gasteiger partial charge in [-0.1, -0.05) is 36.4 Å². The highest BCUT2D eigenvalue weighted by atomic mass is 16.5. The molecule has 3 aromatic rings. The Hall–Kier alpha value is -3.29. The Morgan fingerprint density at radius 3 is 2.60 bits per heavy atom. The lowest BCUT2D eigenvalue weighted by atomic mass is 9.51. The third-order valence-corrected chi connectivity index (χ3v) is 11.1. The molecular weight excluding hydrogens is 502 g/mol. The van der Waals surface area contributed by atoms with Gasteiger partial charge in [-0.3, -0.25) is 4.79 Å². The van der Waals surface area contributed by atoms with E-state index in [9.17, 15) is 9.90 Å². The van der Waals surface area contributed by atoms with Crippen molar-refractivity contribution in [3.8, 4) is 11.5 Å². The molecule has 1 unspecified atom stereocenters. The van der Waals surface area contributed by atoms with E-state index in [-0.39, 0.29) is 17.4 Å². The number of rotatable bonds is 3. The largest absolute Gasteiger partial charge is 0.493 e. The second-order valence-corrected chi connectivity index (χ2v) is 12.7. The number of likely N-dealkylation sites (N-methyl/N-ethyl adjacent to an activating group) is 1. The van der Waals surface area contributed by atoms with Gasteiger partial charge in [0.1, 0.15) is 11.8 Å². The second-order valence-electron chi connectivity index (χ2n) is 12.7. The quantitative estimate of drug-likeness (QED) is 0.520. The van der Waals surface area contributed by atoms with E-state index in [1.807, 2.05) is 35.2 Å². The van der Waals surface area contributed by atoms with Gasteiger partial charge in [0.15, 0.2) is 11.5 Å². The Balaban J connectivity index is 1.16. The third-order valence-electron chi connectivity index (χ3n) is 11.1. The fourth-order valence-corrected chi connectivity index (χ4v) is 8.93. The molecule has 2 N–H and O–H groups in total. The molecule has 2 fully saturated rings. The van der Waals surface area contributed by atoms with E-state index in [4.69, 9.17) is 9.47 Å². The standard InChI is InChI=1S/C33H37N3O4/c1-19-22-18-23-24-17-20-9-10-25(39-3)29-26(20)33(23,13-14-35(24)2)30(40-29)28(22)34-27(19)31(37)36-15-11-32(38,12-16-36)21-7-5-4-6-8-21/h4-10,23-24,30,34,38H,11-18H2,1-3H3/t23-,24-,30-,33?/m0/s1. The van der Waals surface area contributed by atoms with E-state index in [1.165, 1.54) is 16.7 Å². The molecule has 1 amide bonds. The molecule has 0 radical (unpaired) electrons. The van der Waals surface area contributed by atoms with Crippen molar-refractivity contribution >= 4 is 5.91 Å². The van der Waals surface area contributed by atoms with E-state index in [1.54, 1.807) is 7.11 Å². The first-order valence-corrected chi connectivity index (χ1v) is 14.7.